The van der Waals surface area contributed by atoms with Crippen LogP contribution in [0.5, 0.6) is 0 Å². The number of amides is 1. The van der Waals surface area contributed by atoms with E-state index in [1.807, 2.05) is 23.1 Å². The number of H-pyrrole nitrogens is 1. The number of nitrogens with one attached hydrogen (secondary N) is 1. The predicted octanol–water partition coefficient (Wildman–Crippen LogP) is 3.91. The molecule has 1 amide bonds. The smallest absolute Gasteiger partial charge is 0.226 e. The van der Waals surface area contributed by atoms with E-state index in [0.717, 1.165) is 41.7 Å². The second-order valence-corrected chi connectivity index (χ2v) is 8.02. The number of rotatable bonds is 1. The van der Waals surface area contributed by atoms with Crippen LogP contribution in [0.25, 0.3) is 10.9 Å². The first kappa shape index (κ1) is 16.0. The van der Waals surface area contributed by atoms with Crippen LogP contribution in [-0.4, -0.2) is 34.5 Å². The highest BCUT2D eigenvalue weighted by Gasteiger charge is 2.36. The molecule has 24 heavy (non-hydrogen) atoms. The number of carbonyl (C=O) groups is 1. The molecule has 1 unspecified atom stereocenters. The van der Waals surface area contributed by atoms with Gasteiger partial charge in [-0.1, -0.05) is 11.6 Å². The molecule has 0 radical (unpaired) electrons. The van der Waals surface area contributed by atoms with Gasteiger partial charge in [-0.15, -0.1) is 0 Å². The Labute approximate surface area is 147 Å². The third kappa shape index (κ3) is 2.82. The van der Waals surface area contributed by atoms with Crippen LogP contribution >= 0.6 is 11.6 Å². The molecule has 1 saturated heterocycles. The summed E-state index contributed by atoms with van der Waals surface area (Å²) in [5.41, 5.74) is 3.36. The molecule has 1 N–H and O–H groups in total. The van der Waals surface area contributed by atoms with Gasteiger partial charge in [0.25, 0.3) is 0 Å². The first-order valence-corrected chi connectivity index (χ1v) is 9.02. The Morgan fingerprint density at radius 3 is 3.04 bits per heavy atom. The SMILES string of the molecule is CC1(C)CC(C(=O)N2CCc3[nH]c4ccc(Cl)cc4c3C2)CCO1. The lowest BCUT2D eigenvalue weighted by atomic mass is 9.87. The van der Waals surface area contributed by atoms with Crippen molar-refractivity contribution in [2.24, 2.45) is 5.92 Å². The lowest BCUT2D eigenvalue weighted by Gasteiger charge is -2.38. The van der Waals surface area contributed by atoms with Crippen molar-refractivity contribution in [2.45, 2.75) is 45.3 Å². The van der Waals surface area contributed by atoms with Crippen molar-refractivity contribution < 1.29 is 9.53 Å². The molecule has 128 valence electrons. The van der Waals surface area contributed by atoms with Crippen LogP contribution in [0.1, 0.15) is 37.9 Å². The van der Waals surface area contributed by atoms with Crippen LogP contribution < -0.4 is 0 Å². The zero-order valence-corrected chi connectivity index (χ0v) is 14.9. The minimum Gasteiger partial charge on any atom is -0.376 e. The van der Waals surface area contributed by atoms with Crippen molar-refractivity contribution in [3.8, 4) is 0 Å². The van der Waals surface area contributed by atoms with Crippen LogP contribution in [0.3, 0.4) is 0 Å². The Bertz CT molecular complexity index is 796. The summed E-state index contributed by atoms with van der Waals surface area (Å²) in [6, 6.07) is 5.92. The monoisotopic (exact) mass is 346 g/mol. The Morgan fingerprint density at radius 2 is 2.25 bits per heavy atom. The molecule has 2 aliphatic rings. The highest BCUT2D eigenvalue weighted by atomic mass is 35.5. The predicted molar refractivity (Wildman–Crippen MR) is 95.2 cm³/mol. The second kappa shape index (κ2) is 5.78. The number of nitrogens with zero attached hydrogens (tertiary/aromatic N) is 1. The molecule has 0 spiro atoms. The number of benzene rings is 1. The van der Waals surface area contributed by atoms with Gasteiger partial charge in [0.2, 0.25) is 5.91 Å². The Kier molecular flexibility index (Phi) is 3.85. The fourth-order valence-corrected chi connectivity index (χ4v) is 4.25. The summed E-state index contributed by atoms with van der Waals surface area (Å²) < 4.78 is 5.76. The molecule has 1 aromatic heterocycles. The van der Waals surface area contributed by atoms with E-state index in [2.05, 4.69) is 18.8 Å². The van der Waals surface area contributed by atoms with Crippen LogP contribution in [0.15, 0.2) is 18.2 Å². The number of aromatic nitrogens is 1. The van der Waals surface area contributed by atoms with Crippen molar-refractivity contribution in [3.05, 3.63) is 34.5 Å². The van der Waals surface area contributed by atoms with E-state index in [4.69, 9.17) is 16.3 Å². The molecular weight excluding hydrogens is 324 g/mol. The van der Waals surface area contributed by atoms with Crippen LogP contribution in [0, 0.1) is 5.92 Å². The molecule has 5 heteroatoms. The normalized spacial score (nSPS) is 23.3. The molecule has 4 nitrogen and oxygen atoms in total. The number of hydrogen-bond donors (Lipinski definition) is 1. The van der Waals surface area contributed by atoms with Gasteiger partial charge in [-0.25, -0.2) is 0 Å². The van der Waals surface area contributed by atoms with Gasteiger partial charge in [0, 0.05) is 59.2 Å². The van der Waals surface area contributed by atoms with E-state index in [0.29, 0.717) is 13.2 Å². The standard InChI is InChI=1S/C19H23ClN2O2/c1-19(2)10-12(6-8-24-19)18(23)22-7-5-17-15(11-22)14-9-13(20)3-4-16(14)21-17/h3-4,9,12,21H,5-8,10-11H2,1-2H3. The van der Waals surface area contributed by atoms with Gasteiger partial charge in [0.1, 0.15) is 0 Å². The Balaban J connectivity index is 1.58. The number of halogens is 1. The summed E-state index contributed by atoms with van der Waals surface area (Å²) in [6.45, 7) is 6.27. The van der Waals surface area contributed by atoms with Crippen molar-refractivity contribution in [1.29, 1.82) is 0 Å². The molecular formula is C19H23ClN2O2. The zero-order chi connectivity index (χ0) is 16.9. The van der Waals surface area contributed by atoms with Gasteiger partial charge in [0.05, 0.1) is 5.60 Å². The minimum atomic E-state index is -0.201. The van der Waals surface area contributed by atoms with Gasteiger partial charge in [0.15, 0.2) is 0 Å². The number of fused-ring (bicyclic) bond motifs is 3. The lowest BCUT2D eigenvalue weighted by Crippen LogP contribution is -2.45. The van der Waals surface area contributed by atoms with Crippen molar-refractivity contribution in [1.82, 2.24) is 9.88 Å². The van der Waals surface area contributed by atoms with Crippen LogP contribution in [0.2, 0.25) is 5.02 Å². The molecule has 1 atom stereocenters. The fraction of sp³-hybridized carbons (Fsp3) is 0.526. The molecule has 1 fully saturated rings. The van der Waals surface area contributed by atoms with E-state index in [-0.39, 0.29) is 17.4 Å². The average molecular weight is 347 g/mol. The highest BCUT2D eigenvalue weighted by molar-refractivity contribution is 6.31. The third-order valence-electron chi connectivity index (χ3n) is 5.30. The summed E-state index contributed by atoms with van der Waals surface area (Å²) in [7, 11) is 0. The van der Waals surface area contributed by atoms with Gasteiger partial charge in [-0.3, -0.25) is 4.79 Å². The van der Waals surface area contributed by atoms with E-state index >= 15 is 0 Å². The van der Waals surface area contributed by atoms with E-state index in [9.17, 15) is 4.79 Å². The second-order valence-electron chi connectivity index (χ2n) is 7.58. The Hall–Kier alpha value is -1.52. The van der Waals surface area contributed by atoms with E-state index in [1.54, 1.807) is 0 Å². The maximum absolute atomic E-state index is 13.0. The Morgan fingerprint density at radius 1 is 1.42 bits per heavy atom. The van der Waals surface area contributed by atoms with E-state index in [1.165, 1.54) is 11.3 Å². The first-order chi connectivity index (χ1) is 11.4. The summed E-state index contributed by atoms with van der Waals surface area (Å²) >= 11 is 6.16. The van der Waals surface area contributed by atoms with Crippen LogP contribution in [-0.2, 0) is 22.5 Å². The van der Waals surface area contributed by atoms with Gasteiger partial charge >= 0.3 is 0 Å². The largest absolute Gasteiger partial charge is 0.376 e. The molecule has 3 heterocycles. The number of hydrogen-bond acceptors (Lipinski definition) is 2. The summed E-state index contributed by atoms with van der Waals surface area (Å²) in [5.74, 6) is 0.345. The van der Waals surface area contributed by atoms with E-state index < -0.39 is 0 Å². The summed E-state index contributed by atoms with van der Waals surface area (Å²) in [6.07, 6.45) is 2.50. The molecule has 2 aliphatic heterocycles. The van der Waals surface area contributed by atoms with Crippen molar-refractivity contribution in [2.75, 3.05) is 13.2 Å². The van der Waals surface area contributed by atoms with Crippen LogP contribution in [0.4, 0.5) is 0 Å². The number of ether oxygens (including phenoxy) is 1. The van der Waals surface area contributed by atoms with Gasteiger partial charge in [-0.05, 0) is 44.9 Å². The van der Waals surface area contributed by atoms with Gasteiger partial charge < -0.3 is 14.6 Å². The lowest BCUT2D eigenvalue weighted by molar-refractivity contribution is -0.146. The minimum absolute atomic E-state index is 0.0732. The highest BCUT2D eigenvalue weighted by Crippen LogP contribution is 2.33. The number of aromatic amines is 1. The van der Waals surface area contributed by atoms with Crippen molar-refractivity contribution >= 4 is 28.4 Å². The molecule has 2 aromatic rings. The molecule has 4 rings (SSSR count). The average Bonchev–Trinajstić information content (AvgIpc) is 2.90. The number of carbonyl (C=O) groups excluding carboxylic acids is 1. The maximum Gasteiger partial charge on any atom is 0.226 e. The summed E-state index contributed by atoms with van der Waals surface area (Å²) in [5, 5.41) is 1.88. The zero-order valence-electron chi connectivity index (χ0n) is 14.2. The summed E-state index contributed by atoms with van der Waals surface area (Å²) in [4.78, 5) is 18.5. The van der Waals surface area contributed by atoms with Gasteiger partial charge in [-0.2, -0.15) is 0 Å². The van der Waals surface area contributed by atoms with Crippen molar-refractivity contribution in [3.63, 3.8) is 0 Å². The topological polar surface area (TPSA) is 45.3 Å². The molecule has 0 bridgehead atoms. The fourth-order valence-electron chi connectivity index (χ4n) is 4.08. The first-order valence-electron chi connectivity index (χ1n) is 8.65. The maximum atomic E-state index is 13.0. The quantitative estimate of drug-likeness (QED) is 0.850. The molecule has 1 aromatic carbocycles. The molecule has 0 saturated carbocycles. The molecule has 0 aliphatic carbocycles. The third-order valence-corrected chi connectivity index (χ3v) is 5.53.